The fraction of sp³-hybridized carbons (Fsp3) is 0.857. The van der Waals surface area contributed by atoms with Crippen LogP contribution in [0.5, 0.6) is 0 Å². The summed E-state index contributed by atoms with van der Waals surface area (Å²) < 4.78 is 50.1. The maximum Gasteiger partial charge on any atom is 0.306 e. The second-order valence-electron chi connectivity index (χ2n) is 19.2. The molecule has 0 bridgehead atoms. The molecule has 12 heteroatoms. The molecule has 3 heterocycles. The Morgan fingerprint density at radius 2 is 1.54 bits per heavy atom. The average molecular weight is 858 g/mol. The number of nitrogens with zero attached hydrogens (tertiary/aromatic N) is 1. The van der Waals surface area contributed by atoms with Crippen molar-refractivity contribution >= 4 is 17.7 Å². The molecule has 0 aromatic heterocycles. The Labute approximate surface area is 366 Å². The third-order valence-corrected chi connectivity index (χ3v) is 15.4. The number of cyclic esters (lactones) is 1. The first-order valence-corrected chi connectivity index (χ1v) is 23.9. The molecule has 0 aromatic carbocycles. The Morgan fingerprint density at radius 3 is 2.23 bits per heavy atom. The van der Waals surface area contributed by atoms with Crippen molar-refractivity contribution in [3.63, 3.8) is 0 Å². The van der Waals surface area contributed by atoms with Gasteiger partial charge in [0.05, 0.1) is 36.9 Å². The van der Waals surface area contributed by atoms with Crippen LogP contribution in [0.3, 0.4) is 0 Å². The van der Waals surface area contributed by atoms with Gasteiger partial charge in [-0.15, -0.1) is 0 Å². The summed E-state index contributed by atoms with van der Waals surface area (Å²) in [5, 5.41) is 0. The molecule has 4 fully saturated rings. The third kappa shape index (κ3) is 11.0. The largest absolute Gasteiger partial charge is 0.462 e. The molecule has 12 nitrogen and oxygen atoms in total. The number of esters is 1. The van der Waals surface area contributed by atoms with Crippen LogP contribution in [0, 0.1) is 35.5 Å². The zero-order chi connectivity index (χ0) is 44.0. The molecule has 1 amide bonds. The number of unbranched alkanes of at least 4 members (excludes halogenated alkanes) is 4. The molecule has 0 spiro atoms. The molecule has 3 saturated heterocycles. The number of carbonyl (C=O) groups is 3. The van der Waals surface area contributed by atoms with Gasteiger partial charge in [0.2, 0.25) is 5.91 Å². The smallest absolute Gasteiger partial charge is 0.306 e. The van der Waals surface area contributed by atoms with Crippen LogP contribution < -0.4 is 0 Å². The maximum atomic E-state index is 14.9. The minimum absolute atomic E-state index is 0.00889. The van der Waals surface area contributed by atoms with Crippen LogP contribution in [-0.4, -0.2) is 118 Å². The molecular formula is C49H79NO11. The van der Waals surface area contributed by atoms with Gasteiger partial charge in [0, 0.05) is 53.1 Å². The van der Waals surface area contributed by atoms with Crippen molar-refractivity contribution in [1.29, 1.82) is 0 Å². The summed E-state index contributed by atoms with van der Waals surface area (Å²) in [7, 11) is 6.88. The van der Waals surface area contributed by atoms with E-state index in [0.29, 0.717) is 25.7 Å². The van der Waals surface area contributed by atoms with Crippen molar-refractivity contribution < 1.29 is 52.3 Å². The number of amides is 1. The highest BCUT2D eigenvalue weighted by atomic mass is 16.7. The standard InChI is InChI=1S/C49H79NO11/c1-11-13-14-15-16-20-42(51)50(7)40-21-22-44(57-30(40)5)61-41-19-17-18-32(12-2)59-43(52)27-38-35-23-28(3)34-24-33(25-36(34)37(35)26-39(38)45(53)29(41)4)60-49-48(56-10)47(55-9)46(54-8)31(6)58-49/h23,26,29-38,40-41,44,46-49H,11-22,24-25,27H2,1-10H3/t29-,30?,31?,32+,33-,34+,35-,36-,37-,38+,40+,41+,44+,46+,47?,48+,49+/m1/s1. The number of carbonyl (C=O) groups excluding carboxylic acids is 3. The lowest BCUT2D eigenvalue weighted by Gasteiger charge is -2.44. The van der Waals surface area contributed by atoms with Crippen molar-refractivity contribution in [3.05, 3.63) is 23.3 Å². The fourth-order valence-corrected chi connectivity index (χ4v) is 11.8. The van der Waals surface area contributed by atoms with Crippen molar-refractivity contribution in [2.24, 2.45) is 35.5 Å². The summed E-state index contributed by atoms with van der Waals surface area (Å²) in [6.45, 7) is 12.5. The number of ether oxygens (including phenoxy) is 8. The minimum atomic E-state index is -0.616. The van der Waals surface area contributed by atoms with Crippen molar-refractivity contribution in [2.45, 2.75) is 205 Å². The molecule has 6 aliphatic rings. The number of fused-ring (bicyclic) bond motifs is 5. The van der Waals surface area contributed by atoms with Crippen LogP contribution in [-0.2, 0) is 52.3 Å². The molecule has 3 aliphatic heterocycles. The van der Waals surface area contributed by atoms with E-state index in [1.165, 1.54) is 24.8 Å². The van der Waals surface area contributed by atoms with E-state index in [9.17, 15) is 14.4 Å². The first kappa shape index (κ1) is 48.3. The molecule has 6 rings (SSSR count). The quantitative estimate of drug-likeness (QED) is 0.0900. The first-order chi connectivity index (χ1) is 29.3. The van der Waals surface area contributed by atoms with E-state index in [1.807, 2.05) is 32.7 Å². The fourth-order valence-electron chi connectivity index (χ4n) is 11.8. The highest BCUT2D eigenvalue weighted by Crippen LogP contribution is 2.56. The van der Waals surface area contributed by atoms with Gasteiger partial charge in [-0.05, 0) is 101 Å². The van der Waals surface area contributed by atoms with Gasteiger partial charge in [-0.25, -0.2) is 0 Å². The number of rotatable bonds is 15. The lowest BCUT2D eigenvalue weighted by Crippen LogP contribution is -2.59. The van der Waals surface area contributed by atoms with E-state index in [0.717, 1.165) is 50.5 Å². The Balaban J connectivity index is 1.16. The molecule has 0 N–H and O–H groups in total. The molecule has 3 aliphatic carbocycles. The van der Waals surface area contributed by atoms with Crippen molar-refractivity contribution in [1.82, 2.24) is 4.90 Å². The Hall–Kier alpha value is -2.19. The van der Waals surface area contributed by atoms with E-state index in [2.05, 4.69) is 32.9 Å². The molecule has 1 saturated carbocycles. The first-order valence-electron chi connectivity index (χ1n) is 23.9. The van der Waals surface area contributed by atoms with E-state index in [4.69, 9.17) is 37.9 Å². The van der Waals surface area contributed by atoms with Gasteiger partial charge in [-0.3, -0.25) is 14.4 Å². The predicted molar refractivity (Wildman–Crippen MR) is 231 cm³/mol. The molecule has 61 heavy (non-hydrogen) atoms. The van der Waals surface area contributed by atoms with E-state index in [1.54, 1.807) is 21.3 Å². The summed E-state index contributed by atoms with van der Waals surface area (Å²) in [6, 6.07) is -0.0162. The summed E-state index contributed by atoms with van der Waals surface area (Å²) in [6.07, 6.45) is 13.6. The third-order valence-electron chi connectivity index (χ3n) is 15.4. The van der Waals surface area contributed by atoms with Crippen LogP contribution in [0.1, 0.15) is 138 Å². The van der Waals surface area contributed by atoms with Crippen LogP contribution in [0.4, 0.5) is 0 Å². The molecular weight excluding hydrogens is 779 g/mol. The molecule has 346 valence electrons. The minimum Gasteiger partial charge on any atom is -0.462 e. The molecule has 17 atom stereocenters. The van der Waals surface area contributed by atoms with Crippen molar-refractivity contribution in [2.75, 3.05) is 28.4 Å². The zero-order valence-corrected chi connectivity index (χ0v) is 39.0. The predicted octanol–water partition coefficient (Wildman–Crippen LogP) is 8.13. The monoisotopic (exact) mass is 858 g/mol. The van der Waals surface area contributed by atoms with Gasteiger partial charge >= 0.3 is 5.97 Å². The van der Waals surface area contributed by atoms with Gasteiger partial charge in [0.1, 0.15) is 24.4 Å². The van der Waals surface area contributed by atoms with Gasteiger partial charge < -0.3 is 42.8 Å². The van der Waals surface area contributed by atoms with Crippen molar-refractivity contribution in [3.8, 4) is 0 Å². The Kier molecular flexibility index (Phi) is 17.5. The summed E-state index contributed by atoms with van der Waals surface area (Å²) in [5.74, 6) is -0.0909. The van der Waals surface area contributed by atoms with E-state index in [-0.39, 0.29) is 102 Å². The number of likely N-dealkylation sites (N-methyl/N-ethyl adjacent to an activating group) is 1. The SMILES string of the molecule is CCCCCCCC(=O)N(C)[C@H]1CC[C@H](O[C@H]2CCC[C@H](CC)OC(=O)C[C@@H]3C(=C[C@@H]4[C@H]3C=C(C)[C@@H]3C[C@@H](O[C@@H]5OC(C)[C@H](OC)C(OC)[C@@H]5OC)C[C@@H]43)C(=O)[C@@H]2C)OC1C. The summed E-state index contributed by atoms with van der Waals surface area (Å²) in [5.41, 5.74) is 2.03. The number of hydrogen-bond donors (Lipinski definition) is 0. The number of methoxy groups -OCH3 is 3. The van der Waals surface area contributed by atoms with Gasteiger partial charge in [0.25, 0.3) is 0 Å². The molecule has 0 aromatic rings. The van der Waals surface area contributed by atoms with Crippen LogP contribution in [0.2, 0.25) is 0 Å². The van der Waals surface area contributed by atoms with Gasteiger partial charge in [-0.2, -0.15) is 0 Å². The normalized spacial score (nSPS) is 40.7. The van der Waals surface area contributed by atoms with Gasteiger partial charge in [-0.1, -0.05) is 64.2 Å². The lowest BCUT2D eigenvalue weighted by molar-refractivity contribution is -0.314. The van der Waals surface area contributed by atoms with Crippen LogP contribution in [0.15, 0.2) is 23.3 Å². The van der Waals surface area contributed by atoms with Crippen LogP contribution >= 0.6 is 0 Å². The lowest BCUT2D eigenvalue weighted by atomic mass is 9.67. The number of ketones is 1. The second-order valence-corrected chi connectivity index (χ2v) is 19.2. The van der Waals surface area contributed by atoms with Crippen LogP contribution in [0.25, 0.3) is 0 Å². The summed E-state index contributed by atoms with van der Waals surface area (Å²) >= 11 is 0. The second kappa shape index (κ2) is 22.1. The van der Waals surface area contributed by atoms with E-state index >= 15 is 0 Å². The Bertz CT molecular complexity index is 1530. The van der Waals surface area contributed by atoms with Gasteiger partial charge in [0.15, 0.2) is 18.4 Å². The maximum absolute atomic E-state index is 14.9. The topological polar surface area (TPSA) is 128 Å². The number of Topliss-reactive ketones (excluding diaryl/α,β-unsaturated/α-hetero) is 1. The zero-order valence-electron chi connectivity index (χ0n) is 39.0. The highest BCUT2D eigenvalue weighted by molar-refractivity contribution is 5.99. The van der Waals surface area contributed by atoms with E-state index < -0.39 is 24.6 Å². The summed E-state index contributed by atoms with van der Waals surface area (Å²) in [4.78, 5) is 43.6. The Morgan fingerprint density at radius 1 is 0.803 bits per heavy atom. The average Bonchev–Trinajstić information content (AvgIpc) is 3.83. The highest BCUT2D eigenvalue weighted by Gasteiger charge is 2.54. The molecule has 3 unspecified atom stereocenters. The number of allylic oxidation sites excluding steroid dienone is 4. The molecule has 0 radical (unpaired) electrons. The number of hydrogen-bond acceptors (Lipinski definition) is 11.